The molecule has 3 unspecified atom stereocenters. The lowest BCUT2D eigenvalue weighted by Gasteiger charge is -2.34. The highest BCUT2D eigenvalue weighted by Crippen LogP contribution is 2.27. The summed E-state index contributed by atoms with van der Waals surface area (Å²) in [5.74, 6) is 0.698. The molecule has 1 aliphatic rings. The molecule has 1 fully saturated rings. The van der Waals surface area contributed by atoms with Crippen LogP contribution in [0.4, 0.5) is 0 Å². The summed E-state index contributed by atoms with van der Waals surface area (Å²) >= 11 is 0. The molecule has 0 saturated heterocycles. The van der Waals surface area contributed by atoms with Crippen molar-refractivity contribution in [2.24, 2.45) is 17.6 Å². The maximum atomic E-state index is 10.1. The smallest absolute Gasteiger partial charge is 0.0875 e. The molecule has 96 valence electrons. The van der Waals surface area contributed by atoms with Crippen molar-refractivity contribution in [3.63, 3.8) is 0 Å². The number of rotatable bonds is 5. The molecule has 0 spiro atoms. The Morgan fingerprint density at radius 1 is 1.38 bits per heavy atom. The largest absolute Gasteiger partial charge is 0.388 e. The molecular weight excluding hydrogens is 202 g/mol. The van der Waals surface area contributed by atoms with Crippen LogP contribution in [0.5, 0.6) is 0 Å². The number of hydrogen-bond acceptors (Lipinski definition) is 3. The topological polar surface area (TPSA) is 55.5 Å². The second kappa shape index (κ2) is 5.99. The van der Waals surface area contributed by atoms with E-state index in [1.807, 2.05) is 20.8 Å². The van der Waals surface area contributed by atoms with Gasteiger partial charge < -0.3 is 15.6 Å². The lowest BCUT2D eigenvalue weighted by atomic mass is 9.86. The van der Waals surface area contributed by atoms with Crippen molar-refractivity contribution in [2.75, 3.05) is 13.2 Å². The number of ether oxygens (including phenoxy) is 1. The molecule has 1 saturated carbocycles. The summed E-state index contributed by atoms with van der Waals surface area (Å²) in [7, 11) is 0. The molecule has 0 aromatic rings. The van der Waals surface area contributed by atoms with Crippen molar-refractivity contribution in [1.82, 2.24) is 0 Å². The van der Waals surface area contributed by atoms with E-state index in [1.54, 1.807) is 0 Å². The molecule has 1 aliphatic carbocycles. The normalized spacial score (nSPS) is 30.4. The van der Waals surface area contributed by atoms with Gasteiger partial charge >= 0.3 is 0 Å². The number of nitrogens with two attached hydrogens (primary N) is 1. The Balaban J connectivity index is 2.40. The highest BCUT2D eigenvalue weighted by atomic mass is 16.5. The maximum Gasteiger partial charge on any atom is 0.0875 e. The van der Waals surface area contributed by atoms with Crippen LogP contribution in [0.15, 0.2) is 0 Å². The summed E-state index contributed by atoms with van der Waals surface area (Å²) in [6.07, 6.45) is 5.01. The summed E-state index contributed by atoms with van der Waals surface area (Å²) in [6.45, 7) is 7.01. The van der Waals surface area contributed by atoms with E-state index >= 15 is 0 Å². The zero-order valence-electron chi connectivity index (χ0n) is 10.9. The average Bonchev–Trinajstić information content (AvgIpc) is 2.26. The third-order valence-corrected chi connectivity index (χ3v) is 3.98. The lowest BCUT2D eigenvalue weighted by molar-refractivity contribution is -0.106. The van der Waals surface area contributed by atoms with E-state index in [9.17, 15) is 5.11 Å². The van der Waals surface area contributed by atoms with Crippen molar-refractivity contribution in [2.45, 2.75) is 58.2 Å². The first kappa shape index (κ1) is 13.9. The Morgan fingerprint density at radius 3 is 2.56 bits per heavy atom. The number of aliphatic hydroxyl groups is 1. The molecule has 3 heteroatoms. The second-order valence-corrected chi connectivity index (χ2v) is 5.64. The molecule has 0 bridgehead atoms. The van der Waals surface area contributed by atoms with Crippen molar-refractivity contribution in [1.29, 1.82) is 0 Å². The van der Waals surface area contributed by atoms with Gasteiger partial charge in [0.25, 0.3) is 0 Å². The van der Waals surface area contributed by atoms with Crippen LogP contribution in [0.2, 0.25) is 0 Å². The Hall–Kier alpha value is -0.120. The lowest BCUT2D eigenvalue weighted by Crippen LogP contribution is -2.41. The molecule has 3 nitrogen and oxygen atoms in total. The monoisotopic (exact) mass is 229 g/mol. The van der Waals surface area contributed by atoms with E-state index in [0.29, 0.717) is 19.1 Å². The van der Waals surface area contributed by atoms with Crippen molar-refractivity contribution < 1.29 is 9.84 Å². The van der Waals surface area contributed by atoms with Gasteiger partial charge in [-0.3, -0.25) is 0 Å². The molecule has 16 heavy (non-hydrogen) atoms. The molecule has 3 atom stereocenters. The second-order valence-electron chi connectivity index (χ2n) is 5.64. The first-order valence-electron chi connectivity index (χ1n) is 6.51. The zero-order chi connectivity index (χ0) is 12.2. The summed E-state index contributed by atoms with van der Waals surface area (Å²) in [5, 5.41) is 10.1. The zero-order valence-corrected chi connectivity index (χ0v) is 10.9. The Bertz CT molecular complexity index is 204. The van der Waals surface area contributed by atoms with Crippen molar-refractivity contribution >= 4 is 0 Å². The molecule has 0 aromatic carbocycles. The van der Waals surface area contributed by atoms with Crippen molar-refractivity contribution in [3.05, 3.63) is 0 Å². The Labute approximate surface area is 99.4 Å². The van der Waals surface area contributed by atoms with Gasteiger partial charge in [-0.1, -0.05) is 26.7 Å². The van der Waals surface area contributed by atoms with Gasteiger partial charge in [0, 0.05) is 0 Å². The number of hydrogen-bond donors (Lipinski definition) is 2. The maximum absolute atomic E-state index is 10.1. The Morgan fingerprint density at radius 2 is 2.00 bits per heavy atom. The minimum absolute atomic E-state index is 0.215. The van der Waals surface area contributed by atoms with E-state index < -0.39 is 5.60 Å². The van der Waals surface area contributed by atoms with Gasteiger partial charge in [-0.15, -0.1) is 0 Å². The molecule has 0 radical (unpaired) electrons. The van der Waals surface area contributed by atoms with Gasteiger partial charge in [0.05, 0.1) is 18.3 Å². The predicted octanol–water partition coefficient (Wildman–Crippen LogP) is 1.93. The van der Waals surface area contributed by atoms with E-state index in [0.717, 1.165) is 6.42 Å². The third kappa shape index (κ3) is 3.72. The van der Waals surface area contributed by atoms with Crippen LogP contribution >= 0.6 is 0 Å². The SMILES string of the molecule is CC(C)C(C)(O)COC1CCCCC1CN. The van der Waals surface area contributed by atoms with Crippen LogP contribution in [-0.2, 0) is 4.74 Å². The summed E-state index contributed by atoms with van der Waals surface area (Å²) < 4.78 is 5.88. The highest BCUT2D eigenvalue weighted by molar-refractivity contribution is 4.80. The Kier molecular flexibility index (Phi) is 5.22. The molecular formula is C13H27NO2. The standard InChI is InChI=1S/C13H27NO2/c1-10(2)13(3,15)9-16-12-7-5-4-6-11(12)8-14/h10-12,15H,4-9,14H2,1-3H3. The average molecular weight is 229 g/mol. The van der Waals surface area contributed by atoms with E-state index in [2.05, 4.69) is 0 Å². The molecule has 0 amide bonds. The fourth-order valence-electron chi connectivity index (χ4n) is 2.11. The molecule has 0 aromatic heterocycles. The summed E-state index contributed by atoms with van der Waals surface area (Å²) in [6, 6.07) is 0. The highest BCUT2D eigenvalue weighted by Gasteiger charge is 2.30. The summed E-state index contributed by atoms with van der Waals surface area (Å²) in [4.78, 5) is 0. The van der Waals surface area contributed by atoms with Gasteiger partial charge in [-0.25, -0.2) is 0 Å². The minimum atomic E-state index is -0.726. The van der Waals surface area contributed by atoms with Crippen LogP contribution < -0.4 is 5.73 Å². The first-order chi connectivity index (χ1) is 7.47. The van der Waals surface area contributed by atoms with E-state index in [-0.39, 0.29) is 12.0 Å². The van der Waals surface area contributed by atoms with Crippen LogP contribution in [0, 0.1) is 11.8 Å². The van der Waals surface area contributed by atoms with Crippen LogP contribution in [0.25, 0.3) is 0 Å². The summed E-state index contributed by atoms with van der Waals surface area (Å²) in [5.41, 5.74) is 5.02. The molecule has 3 N–H and O–H groups in total. The van der Waals surface area contributed by atoms with E-state index in [4.69, 9.17) is 10.5 Å². The molecule has 1 rings (SSSR count). The van der Waals surface area contributed by atoms with Crippen LogP contribution in [-0.4, -0.2) is 30.0 Å². The fraction of sp³-hybridized carbons (Fsp3) is 1.00. The quantitative estimate of drug-likeness (QED) is 0.757. The van der Waals surface area contributed by atoms with Gasteiger partial charge in [0.1, 0.15) is 0 Å². The van der Waals surface area contributed by atoms with Gasteiger partial charge in [-0.05, 0) is 38.1 Å². The van der Waals surface area contributed by atoms with Crippen LogP contribution in [0.1, 0.15) is 46.5 Å². The van der Waals surface area contributed by atoms with E-state index in [1.165, 1.54) is 19.3 Å². The van der Waals surface area contributed by atoms with Gasteiger partial charge in [0.15, 0.2) is 0 Å². The van der Waals surface area contributed by atoms with Gasteiger partial charge in [0.2, 0.25) is 0 Å². The first-order valence-corrected chi connectivity index (χ1v) is 6.51. The van der Waals surface area contributed by atoms with Crippen molar-refractivity contribution in [3.8, 4) is 0 Å². The van der Waals surface area contributed by atoms with Crippen LogP contribution in [0.3, 0.4) is 0 Å². The third-order valence-electron chi connectivity index (χ3n) is 3.98. The molecule has 0 aliphatic heterocycles. The molecule has 0 heterocycles. The fourth-order valence-corrected chi connectivity index (χ4v) is 2.11. The minimum Gasteiger partial charge on any atom is -0.388 e. The predicted molar refractivity (Wildman–Crippen MR) is 66.2 cm³/mol. The van der Waals surface area contributed by atoms with Gasteiger partial charge in [-0.2, -0.15) is 0 Å².